The summed E-state index contributed by atoms with van der Waals surface area (Å²) in [6.07, 6.45) is 0.575. The van der Waals surface area contributed by atoms with Gasteiger partial charge in [-0.15, -0.1) is 0 Å². The molecule has 1 amide bonds. The van der Waals surface area contributed by atoms with Gasteiger partial charge in [0.1, 0.15) is 5.75 Å². The standard InChI is InChI=1S/C17H20N2O6S/c20-14-3-1-13(2-4-14)7-8-18-17(21)15-5-6-16(25-15)26(22,23)19-9-11-24-12-10-19/h1-6,20H,7-12H2,(H,18,21). The molecule has 0 saturated carbocycles. The monoisotopic (exact) mass is 380 g/mol. The molecule has 1 aliphatic heterocycles. The smallest absolute Gasteiger partial charge is 0.287 e. The van der Waals surface area contributed by atoms with Crippen LogP contribution >= 0.6 is 0 Å². The van der Waals surface area contributed by atoms with Gasteiger partial charge in [0.2, 0.25) is 5.09 Å². The zero-order valence-corrected chi connectivity index (χ0v) is 14.9. The van der Waals surface area contributed by atoms with E-state index in [1.54, 1.807) is 24.3 Å². The minimum atomic E-state index is -3.76. The number of aromatic hydroxyl groups is 1. The Balaban J connectivity index is 1.58. The maximum atomic E-state index is 12.5. The summed E-state index contributed by atoms with van der Waals surface area (Å²) in [5, 5.41) is 11.7. The average Bonchev–Trinajstić information content (AvgIpc) is 3.15. The summed E-state index contributed by atoms with van der Waals surface area (Å²) in [6, 6.07) is 9.32. The third kappa shape index (κ3) is 4.24. The number of hydrogen-bond donors (Lipinski definition) is 2. The Morgan fingerprint density at radius 3 is 2.50 bits per heavy atom. The summed E-state index contributed by atoms with van der Waals surface area (Å²) in [7, 11) is -3.76. The summed E-state index contributed by atoms with van der Waals surface area (Å²) in [6.45, 7) is 1.55. The number of carbonyl (C=O) groups excluding carboxylic acids is 1. The average molecular weight is 380 g/mol. The highest BCUT2D eigenvalue weighted by Crippen LogP contribution is 2.20. The lowest BCUT2D eigenvalue weighted by molar-refractivity contribution is 0.0722. The maximum absolute atomic E-state index is 12.5. The van der Waals surface area contributed by atoms with E-state index in [0.717, 1.165) is 5.56 Å². The van der Waals surface area contributed by atoms with Crippen LogP contribution in [0.4, 0.5) is 0 Å². The molecule has 2 aromatic rings. The second kappa shape index (κ2) is 7.90. The quantitative estimate of drug-likeness (QED) is 0.773. The zero-order chi connectivity index (χ0) is 18.6. The highest BCUT2D eigenvalue weighted by atomic mass is 32.2. The molecule has 1 aromatic heterocycles. The Kier molecular flexibility index (Phi) is 5.60. The van der Waals surface area contributed by atoms with Gasteiger partial charge in [-0.2, -0.15) is 4.31 Å². The van der Waals surface area contributed by atoms with Crippen LogP contribution in [0.2, 0.25) is 0 Å². The fraction of sp³-hybridized carbons (Fsp3) is 0.353. The first kappa shape index (κ1) is 18.4. The molecule has 26 heavy (non-hydrogen) atoms. The number of ether oxygens (including phenoxy) is 1. The first-order valence-corrected chi connectivity index (χ1v) is 9.65. The lowest BCUT2D eigenvalue weighted by Gasteiger charge is -2.24. The third-order valence-electron chi connectivity index (χ3n) is 4.00. The van der Waals surface area contributed by atoms with Gasteiger partial charge in [-0.1, -0.05) is 12.1 Å². The molecule has 0 spiro atoms. The van der Waals surface area contributed by atoms with Gasteiger partial charge in [0.05, 0.1) is 13.2 Å². The Morgan fingerprint density at radius 1 is 1.12 bits per heavy atom. The van der Waals surface area contributed by atoms with Crippen LogP contribution in [-0.4, -0.2) is 56.6 Å². The van der Waals surface area contributed by atoms with Crippen molar-refractivity contribution >= 4 is 15.9 Å². The van der Waals surface area contributed by atoms with Crippen molar-refractivity contribution in [3.8, 4) is 5.75 Å². The van der Waals surface area contributed by atoms with Crippen LogP contribution in [0.15, 0.2) is 45.9 Å². The molecule has 140 valence electrons. The van der Waals surface area contributed by atoms with Crippen molar-refractivity contribution in [1.29, 1.82) is 0 Å². The van der Waals surface area contributed by atoms with Crippen molar-refractivity contribution in [1.82, 2.24) is 9.62 Å². The predicted molar refractivity (Wildman–Crippen MR) is 92.4 cm³/mol. The molecule has 1 fully saturated rings. The number of carbonyl (C=O) groups is 1. The van der Waals surface area contributed by atoms with E-state index >= 15 is 0 Å². The number of nitrogens with one attached hydrogen (secondary N) is 1. The fourth-order valence-electron chi connectivity index (χ4n) is 2.57. The number of furan rings is 1. The molecule has 0 bridgehead atoms. The summed E-state index contributed by atoms with van der Waals surface area (Å²) in [5.41, 5.74) is 0.957. The van der Waals surface area contributed by atoms with Crippen molar-refractivity contribution in [2.45, 2.75) is 11.5 Å². The normalized spacial score (nSPS) is 15.7. The molecule has 2 heterocycles. The molecular weight excluding hydrogens is 360 g/mol. The molecule has 1 aliphatic rings. The van der Waals surface area contributed by atoms with Crippen LogP contribution in [-0.2, 0) is 21.2 Å². The van der Waals surface area contributed by atoms with Gasteiger partial charge in [-0.3, -0.25) is 4.79 Å². The minimum Gasteiger partial charge on any atom is -0.508 e. The Morgan fingerprint density at radius 2 is 1.81 bits per heavy atom. The van der Waals surface area contributed by atoms with E-state index in [1.807, 2.05) is 0 Å². The van der Waals surface area contributed by atoms with Gasteiger partial charge in [-0.05, 0) is 36.2 Å². The molecule has 1 saturated heterocycles. The molecule has 0 aliphatic carbocycles. The second-order valence-corrected chi connectivity index (χ2v) is 7.68. The Labute approximate surface area is 151 Å². The van der Waals surface area contributed by atoms with E-state index in [2.05, 4.69) is 5.32 Å². The van der Waals surface area contributed by atoms with E-state index in [9.17, 15) is 18.3 Å². The molecule has 1 aromatic carbocycles. The first-order chi connectivity index (χ1) is 12.5. The number of sulfonamides is 1. The molecule has 0 unspecified atom stereocenters. The molecule has 0 atom stereocenters. The van der Waals surface area contributed by atoms with Gasteiger partial charge < -0.3 is 19.6 Å². The van der Waals surface area contributed by atoms with E-state index < -0.39 is 15.9 Å². The maximum Gasteiger partial charge on any atom is 0.287 e. The molecular formula is C17H20N2O6S. The van der Waals surface area contributed by atoms with Crippen molar-refractivity contribution in [3.05, 3.63) is 47.7 Å². The molecule has 9 heteroatoms. The van der Waals surface area contributed by atoms with Crippen molar-refractivity contribution in [3.63, 3.8) is 0 Å². The summed E-state index contributed by atoms with van der Waals surface area (Å²) >= 11 is 0. The Bertz CT molecular complexity index is 854. The molecule has 0 radical (unpaired) electrons. The number of morpholine rings is 1. The highest BCUT2D eigenvalue weighted by molar-refractivity contribution is 7.89. The summed E-state index contributed by atoms with van der Waals surface area (Å²) < 4.78 is 36.6. The zero-order valence-electron chi connectivity index (χ0n) is 14.1. The number of phenolic OH excluding ortho intramolecular Hbond substituents is 1. The van der Waals surface area contributed by atoms with Gasteiger partial charge in [0.15, 0.2) is 5.76 Å². The fourth-order valence-corrected chi connectivity index (χ4v) is 3.88. The largest absolute Gasteiger partial charge is 0.508 e. The Hall–Kier alpha value is -2.36. The predicted octanol–water partition coefficient (Wildman–Crippen LogP) is 0.979. The number of benzene rings is 1. The third-order valence-corrected chi connectivity index (χ3v) is 5.78. The van der Waals surface area contributed by atoms with Crippen molar-refractivity contribution < 1.29 is 27.5 Å². The second-order valence-electron chi connectivity index (χ2n) is 5.81. The minimum absolute atomic E-state index is 0.0532. The number of nitrogens with zero attached hydrogens (tertiary/aromatic N) is 1. The van der Waals surface area contributed by atoms with E-state index in [0.29, 0.717) is 26.2 Å². The topological polar surface area (TPSA) is 109 Å². The van der Waals surface area contributed by atoms with Gasteiger partial charge in [-0.25, -0.2) is 8.42 Å². The van der Waals surface area contributed by atoms with Crippen LogP contribution in [0.3, 0.4) is 0 Å². The molecule has 2 N–H and O–H groups in total. The van der Waals surface area contributed by atoms with Crippen LogP contribution in [0, 0.1) is 0 Å². The molecule has 3 rings (SSSR count). The van der Waals surface area contributed by atoms with Gasteiger partial charge >= 0.3 is 0 Å². The van der Waals surface area contributed by atoms with E-state index in [4.69, 9.17) is 9.15 Å². The first-order valence-electron chi connectivity index (χ1n) is 8.20. The van der Waals surface area contributed by atoms with Crippen LogP contribution < -0.4 is 5.32 Å². The van der Waals surface area contributed by atoms with E-state index in [-0.39, 0.29) is 29.7 Å². The number of phenols is 1. The van der Waals surface area contributed by atoms with Gasteiger partial charge in [0, 0.05) is 19.6 Å². The van der Waals surface area contributed by atoms with E-state index in [1.165, 1.54) is 16.4 Å². The number of hydrogen-bond acceptors (Lipinski definition) is 6. The highest BCUT2D eigenvalue weighted by Gasteiger charge is 2.29. The van der Waals surface area contributed by atoms with Crippen molar-refractivity contribution in [2.75, 3.05) is 32.8 Å². The number of rotatable bonds is 6. The van der Waals surface area contributed by atoms with Crippen LogP contribution in [0.1, 0.15) is 16.1 Å². The van der Waals surface area contributed by atoms with Crippen LogP contribution in [0.25, 0.3) is 0 Å². The van der Waals surface area contributed by atoms with Gasteiger partial charge in [0.25, 0.3) is 15.9 Å². The van der Waals surface area contributed by atoms with Crippen LogP contribution in [0.5, 0.6) is 5.75 Å². The summed E-state index contributed by atoms with van der Waals surface area (Å²) in [5.74, 6) is -0.350. The SMILES string of the molecule is O=C(NCCc1ccc(O)cc1)c1ccc(S(=O)(=O)N2CCOCC2)o1. The number of amides is 1. The lowest BCUT2D eigenvalue weighted by Crippen LogP contribution is -2.40. The van der Waals surface area contributed by atoms with Crippen molar-refractivity contribution in [2.24, 2.45) is 0 Å². The lowest BCUT2D eigenvalue weighted by atomic mass is 10.1. The molecule has 8 nitrogen and oxygen atoms in total. The summed E-state index contributed by atoms with van der Waals surface area (Å²) in [4.78, 5) is 12.1.